The highest BCUT2D eigenvalue weighted by Crippen LogP contribution is 2.33. The van der Waals surface area contributed by atoms with Crippen LogP contribution in [0.2, 0.25) is 0 Å². The van der Waals surface area contributed by atoms with E-state index in [0.29, 0.717) is 5.75 Å². The molecule has 1 amide bonds. The van der Waals surface area contributed by atoms with Crippen molar-refractivity contribution in [1.82, 2.24) is 5.43 Å². The molecule has 0 saturated heterocycles. The Morgan fingerprint density at radius 3 is 2.48 bits per heavy atom. The van der Waals surface area contributed by atoms with Crippen LogP contribution in [0.25, 0.3) is 0 Å². The van der Waals surface area contributed by atoms with Crippen LogP contribution in [0.4, 0.5) is 0 Å². The van der Waals surface area contributed by atoms with Gasteiger partial charge in [0.1, 0.15) is 11.5 Å². The molecule has 0 unspecified atom stereocenters. The van der Waals surface area contributed by atoms with Crippen molar-refractivity contribution >= 4 is 28.1 Å². The monoisotopic (exact) mass is 488 g/mol. The Kier molecular flexibility index (Phi) is 10.0. The van der Waals surface area contributed by atoms with Crippen LogP contribution in [0.15, 0.2) is 52.0 Å². The van der Waals surface area contributed by atoms with Gasteiger partial charge in [0, 0.05) is 10.0 Å². The van der Waals surface area contributed by atoms with E-state index in [1.807, 2.05) is 42.5 Å². The first kappa shape index (κ1) is 24.9. The summed E-state index contributed by atoms with van der Waals surface area (Å²) in [6.45, 7) is 9.14. The molecule has 0 heterocycles. The van der Waals surface area contributed by atoms with E-state index in [4.69, 9.17) is 9.47 Å². The van der Waals surface area contributed by atoms with E-state index in [1.54, 1.807) is 6.21 Å². The Hall–Kier alpha value is -2.34. The predicted octanol–water partition coefficient (Wildman–Crippen LogP) is 6.23. The van der Waals surface area contributed by atoms with Crippen molar-refractivity contribution in [1.29, 1.82) is 0 Å². The third kappa shape index (κ3) is 9.13. The molecule has 0 spiro atoms. The summed E-state index contributed by atoms with van der Waals surface area (Å²) in [6, 6.07) is 13.4. The van der Waals surface area contributed by atoms with Gasteiger partial charge in [-0.2, -0.15) is 5.10 Å². The number of nitrogens with zero attached hydrogens (tertiary/aromatic N) is 1. The average molecular weight is 489 g/mol. The van der Waals surface area contributed by atoms with Crippen LogP contribution in [-0.2, 0) is 10.2 Å². The zero-order chi connectivity index (χ0) is 22.7. The highest BCUT2D eigenvalue weighted by molar-refractivity contribution is 9.10. The van der Waals surface area contributed by atoms with Gasteiger partial charge in [-0.1, -0.05) is 62.9 Å². The van der Waals surface area contributed by atoms with Crippen molar-refractivity contribution in [3.8, 4) is 11.5 Å². The summed E-state index contributed by atoms with van der Waals surface area (Å²) in [5, 5.41) is 4.01. The number of carbonyl (C=O) groups excluding carboxylic acids is 1. The lowest BCUT2D eigenvalue weighted by Gasteiger charge is -2.23. The normalized spacial score (nSPS) is 11.5. The fourth-order valence-corrected chi connectivity index (χ4v) is 3.30. The third-order valence-electron chi connectivity index (χ3n) is 4.66. The van der Waals surface area contributed by atoms with Crippen LogP contribution in [-0.4, -0.2) is 25.3 Å². The molecule has 0 atom stereocenters. The van der Waals surface area contributed by atoms with Crippen molar-refractivity contribution in [2.45, 2.75) is 58.8 Å². The Balaban J connectivity index is 1.79. The largest absolute Gasteiger partial charge is 0.494 e. The van der Waals surface area contributed by atoms with Gasteiger partial charge in [0.05, 0.1) is 12.8 Å². The molecule has 6 heteroatoms. The van der Waals surface area contributed by atoms with Crippen molar-refractivity contribution < 1.29 is 14.3 Å². The number of hydrogen-bond acceptors (Lipinski definition) is 4. The van der Waals surface area contributed by atoms with Crippen LogP contribution < -0.4 is 14.9 Å². The fourth-order valence-electron chi connectivity index (χ4n) is 2.94. The summed E-state index contributed by atoms with van der Waals surface area (Å²) < 4.78 is 12.4. The second kappa shape index (κ2) is 12.5. The first-order valence-electron chi connectivity index (χ1n) is 10.8. The van der Waals surface area contributed by atoms with E-state index in [-0.39, 0.29) is 17.9 Å². The summed E-state index contributed by atoms with van der Waals surface area (Å²) in [6.07, 6.45) is 6.34. The molecule has 0 aliphatic heterocycles. The maximum atomic E-state index is 12.1. The summed E-state index contributed by atoms with van der Waals surface area (Å²) in [5.74, 6) is 1.22. The molecule has 2 aromatic rings. The number of benzene rings is 2. The molecule has 0 aliphatic rings. The lowest BCUT2D eigenvalue weighted by atomic mass is 9.86. The minimum atomic E-state index is -0.314. The van der Waals surface area contributed by atoms with E-state index in [0.717, 1.165) is 34.4 Å². The number of amides is 1. The predicted molar refractivity (Wildman–Crippen MR) is 130 cm³/mol. The molecule has 0 radical (unpaired) electrons. The minimum Gasteiger partial charge on any atom is -0.494 e. The van der Waals surface area contributed by atoms with Gasteiger partial charge in [-0.3, -0.25) is 4.79 Å². The maximum Gasteiger partial charge on any atom is 0.277 e. The van der Waals surface area contributed by atoms with E-state index >= 15 is 0 Å². The SMILES string of the molecule is CCCCCCOc1ccc(/C=N/NC(=O)COc2ccc(Br)cc2C(C)(C)C)cc1. The number of halogens is 1. The first-order valence-corrected chi connectivity index (χ1v) is 11.6. The Morgan fingerprint density at radius 1 is 1.06 bits per heavy atom. The van der Waals surface area contributed by atoms with Crippen LogP contribution in [0.1, 0.15) is 64.5 Å². The molecule has 0 aliphatic carbocycles. The number of hydrogen-bond donors (Lipinski definition) is 1. The molecule has 31 heavy (non-hydrogen) atoms. The number of unbranched alkanes of at least 4 members (excludes halogenated alkanes) is 3. The van der Waals surface area contributed by atoms with Crippen LogP contribution in [0, 0.1) is 0 Å². The van der Waals surface area contributed by atoms with E-state index in [2.05, 4.69) is 54.2 Å². The number of nitrogens with one attached hydrogen (secondary N) is 1. The molecule has 2 rings (SSSR count). The number of rotatable bonds is 11. The van der Waals surface area contributed by atoms with E-state index in [1.165, 1.54) is 19.3 Å². The minimum absolute atomic E-state index is 0.0981. The second-order valence-corrected chi connectivity index (χ2v) is 9.37. The highest BCUT2D eigenvalue weighted by atomic mass is 79.9. The van der Waals surface area contributed by atoms with Gasteiger partial charge >= 0.3 is 0 Å². The summed E-state index contributed by atoms with van der Waals surface area (Å²) in [4.78, 5) is 12.1. The zero-order valence-electron chi connectivity index (χ0n) is 18.9. The van der Waals surface area contributed by atoms with Gasteiger partial charge in [0.2, 0.25) is 0 Å². The first-order chi connectivity index (χ1) is 14.8. The molecule has 0 saturated carbocycles. The molecule has 0 aromatic heterocycles. The van der Waals surface area contributed by atoms with Crippen molar-refractivity contribution in [2.75, 3.05) is 13.2 Å². The van der Waals surface area contributed by atoms with Gasteiger partial charge in [0.15, 0.2) is 6.61 Å². The number of ether oxygens (including phenoxy) is 2. The quantitative estimate of drug-likeness (QED) is 0.231. The van der Waals surface area contributed by atoms with Gasteiger partial charge in [-0.25, -0.2) is 5.43 Å². The Morgan fingerprint density at radius 2 is 1.81 bits per heavy atom. The van der Waals surface area contributed by atoms with Crippen molar-refractivity contribution in [3.05, 3.63) is 58.1 Å². The molecule has 2 aromatic carbocycles. The van der Waals surface area contributed by atoms with Crippen LogP contribution >= 0.6 is 15.9 Å². The Labute approximate surface area is 194 Å². The standard InChI is InChI=1S/C25H33BrN2O3/c1-5-6-7-8-15-30-21-12-9-19(10-13-21)17-27-28-24(29)18-31-23-14-11-20(26)16-22(23)25(2,3)4/h9-14,16-17H,5-8,15,18H2,1-4H3,(H,28,29)/b27-17+. The highest BCUT2D eigenvalue weighted by Gasteiger charge is 2.19. The Bertz CT molecular complexity index is 858. The topological polar surface area (TPSA) is 59.9 Å². The van der Waals surface area contributed by atoms with Gasteiger partial charge < -0.3 is 9.47 Å². The smallest absolute Gasteiger partial charge is 0.277 e. The van der Waals surface area contributed by atoms with Gasteiger partial charge in [0.25, 0.3) is 5.91 Å². The third-order valence-corrected chi connectivity index (χ3v) is 5.15. The lowest BCUT2D eigenvalue weighted by Crippen LogP contribution is -2.25. The summed E-state index contributed by atoms with van der Waals surface area (Å²) in [7, 11) is 0. The van der Waals surface area contributed by atoms with Gasteiger partial charge in [-0.05, 0) is 59.9 Å². The van der Waals surface area contributed by atoms with E-state index < -0.39 is 0 Å². The molecule has 168 valence electrons. The molecular weight excluding hydrogens is 456 g/mol. The average Bonchev–Trinajstić information content (AvgIpc) is 2.73. The van der Waals surface area contributed by atoms with Crippen molar-refractivity contribution in [3.63, 3.8) is 0 Å². The molecule has 1 N–H and O–H groups in total. The zero-order valence-corrected chi connectivity index (χ0v) is 20.5. The van der Waals surface area contributed by atoms with Crippen molar-refractivity contribution in [2.24, 2.45) is 5.10 Å². The molecule has 0 fully saturated rings. The second-order valence-electron chi connectivity index (χ2n) is 8.45. The lowest BCUT2D eigenvalue weighted by molar-refractivity contribution is -0.123. The summed E-state index contributed by atoms with van der Waals surface area (Å²) in [5.41, 5.74) is 4.32. The summed E-state index contributed by atoms with van der Waals surface area (Å²) >= 11 is 3.49. The fraction of sp³-hybridized carbons (Fsp3) is 0.440. The number of hydrazone groups is 1. The molecule has 5 nitrogen and oxygen atoms in total. The number of carbonyl (C=O) groups is 1. The van der Waals surface area contributed by atoms with E-state index in [9.17, 15) is 4.79 Å². The molecular formula is C25H33BrN2O3. The van der Waals surface area contributed by atoms with Gasteiger partial charge in [-0.15, -0.1) is 0 Å². The molecule has 0 bridgehead atoms. The van der Waals surface area contributed by atoms with Crippen LogP contribution in [0.5, 0.6) is 11.5 Å². The maximum absolute atomic E-state index is 12.1. The van der Waals surface area contributed by atoms with Crippen LogP contribution in [0.3, 0.4) is 0 Å².